The van der Waals surface area contributed by atoms with Crippen LogP contribution in [0.3, 0.4) is 0 Å². The van der Waals surface area contributed by atoms with Gasteiger partial charge in [0.25, 0.3) is 0 Å². The molecular weight excluding hydrogens is 228 g/mol. The summed E-state index contributed by atoms with van der Waals surface area (Å²) in [5.74, 6) is 0.0709. The SMILES string of the molecule is Cc1ccc(OC(F)F)c(-c2[nH]ncc2N)c1. The topological polar surface area (TPSA) is 63.9 Å². The molecule has 0 aliphatic rings. The van der Waals surface area contributed by atoms with Crippen LogP contribution < -0.4 is 10.5 Å². The first-order valence-electron chi connectivity index (χ1n) is 4.92. The molecule has 0 bridgehead atoms. The largest absolute Gasteiger partial charge is 0.434 e. The van der Waals surface area contributed by atoms with Crippen molar-refractivity contribution in [3.8, 4) is 17.0 Å². The Hall–Kier alpha value is -2.11. The molecule has 1 aromatic heterocycles. The Balaban J connectivity index is 2.51. The smallest absolute Gasteiger partial charge is 0.387 e. The maximum Gasteiger partial charge on any atom is 0.387 e. The summed E-state index contributed by atoms with van der Waals surface area (Å²) in [6.07, 6.45) is 1.42. The number of hydrogen-bond acceptors (Lipinski definition) is 3. The van der Waals surface area contributed by atoms with Crippen LogP contribution in [-0.4, -0.2) is 16.8 Å². The second kappa shape index (κ2) is 4.40. The first kappa shape index (κ1) is 11.4. The zero-order chi connectivity index (χ0) is 12.4. The fourth-order valence-electron chi connectivity index (χ4n) is 1.55. The van der Waals surface area contributed by atoms with E-state index in [4.69, 9.17) is 5.73 Å². The number of aromatic nitrogens is 2. The normalized spacial score (nSPS) is 10.8. The maximum atomic E-state index is 12.3. The van der Waals surface area contributed by atoms with E-state index >= 15 is 0 Å². The van der Waals surface area contributed by atoms with Gasteiger partial charge in [-0.25, -0.2) is 0 Å². The zero-order valence-corrected chi connectivity index (χ0v) is 9.08. The van der Waals surface area contributed by atoms with Crippen LogP contribution >= 0.6 is 0 Å². The number of halogens is 2. The third-order valence-corrected chi connectivity index (χ3v) is 2.29. The van der Waals surface area contributed by atoms with E-state index < -0.39 is 6.61 Å². The standard InChI is InChI=1S/C11H11F2N3O/c1-6-2-3-9(17-11(12)13)7(4-6)10-8(14)5-15-16-10/h2-5,11H,14H2,1H3,(H,15,16). The van der Waals surface area contributed by atoms with Gasteiger partial charge in [-0.05, 0) is 19.1 Å². The molecule has 0 atom stereocenters. The summed E-state index contributed by atoms with van der Waals surface area (Å²) in [7, 11) is 0. The van der Waals surface area contributed by atoms with Crippen LogP contribution in [0.2, 0.25) is 0 Å². The van der Waals surface area contributed by atoms with Crippen molar-refractivity contribution in [3.63, 3.8) is 0 Å². The van der Waals surface area contributed by atoms with Gasteiger partial charge in [0.15, 0.2) is 0 Å². The monoisotopic (exact) mass is 239 g/mol. The first-order chi connectivity index (χ1) is 8.08. The minimum absolute atomic E-state index is 0.0709. The van der Waals surface area contributed by atoms with Crippen LogP contribution in [0, 0.1) is 6.92 Å². The molecule has 90 valence electrons. The third-order valence-electron chi connectivity index (χ3n) is 2.29. The fraction of sp³-hybridized carbons (Fsp3) is 0.182. The number of rotatable bonds is 3. The fourth-order valence-corrected chi connectivity index (χ4v) is 1.55. The van der Waals surface area contributed by atoms with E-state index in [9.17, 15) is 8.78 Å². The molecule has 3 N–H and O–H groups in total. The van der Waals surface area contributed by atoms with Gasteiger partial charge in [-0.2, -0.15) is 13.9 Å². The number of nitrogens with one attached hydrogen (secondary N) is 1. The molecular formula is C11H11F2N3O. The van der Waals surface area contributed by atoms with Crippen molar-refractivity contribution in [2.24, 2.45) is 0 Å². The number of anilines is 1. The molecule has 0 aliphatic carbocycles. The lowest BCUT2D eigenvalue weighted by Gasteiger charge is -2.10. The molecule has 4 nitrogen and oxygen atoms in total. The summed E-state index contributed by atoms with van der Waals surface area (Å²) in [6, 6.07) is 4.88. The predicted octanol–water partition coefficient (Wildman–Crippen LogP) is 2.57. The average molecular weight is 239 g/mol. The number of aromatic amines is 1. The Morgan fingerprint density at radius 1 is 1.41 bits per heavy atom. The molecule has 0 amide bonds. The molecule has 0 radical (unpaired) electrons. The highest BCUT2D eigenvalue weighted by Crippen LogP contribution is 2.33. The molecule has 6 heteroatoms. The molecule has 2 aromatic rings. The van der Waals surface area contributed by atoms with E-state index in [2.05, 4.69) is 14.9 Å². The molecule has 0 saturated carbocycles. The molecule has 1 heterocycles. The summed E-state index contributed by atoms with van der Waals surface area (Å²) < 4.78 is 29.0. The van der Waals surface area contributed by atoms with E-state index in [1.54, 1.807) is 12.1 Å². The Labute approximate surface area is 96.4 Å². The highest BCUT2D eigenvalue weighted by molar-refractivity contribution is 5.77. The number of benzene rings is 1. The lowest BCUT2D eigenvalue weighted by Crippen LogP contribution is -2.03. The highest BCUT2D eigenvalue weighted by atomic mass is 19.3. The van der Waals surface area contributed by atoms with Gasteiger partial charge in [0.05, 0.1) is 17.6 Å². The first-order valence-corrected chi connectivity index (χ1v) is 4.92. The van der Waals surface area contributed by atoms with Gasteiger partial charge in [0.2, 0.25) is 0 Å². The quantitative estimate of drug-likeness (QED) is 0.865. The molecule has 0 aliphatic heterocycles. The molecule has 2 rings (SSSR count). The van der Waals surface area contributed by atoms with Gasteiger partial charge in [-0.1, -0.05) is 11.6 Å². The van der Waals surface area contributed by atoms with Gasteiger partial charge in [-0.15, -0.1) is 0 Å². The van der Waals surface area contributed by atoms with Crippen molar-refractivity contribution >= 4 is 5.69 Å². The number of alkyl halides is 2. The minimum atomic E-state index is -2.87. The van der Waals surface area contributed by atoms with Gasteiger partial charge >= 0.3 is 6.61 Å². The van der Waals surface area contributed by atoms with Crippen molar-refractivity contribution < 1.29 is 13.5 Å². The Morgan fingerprint density at radius 2 is 2.18 bits per heavy atom. The second-order valence-corrected chi connectivity index (χ2v) is 3.58. The highest BCUT2D eigenvalue weighted by Gasteiger charge is 2.14. The third kappa shape index (κ3) is 2.35. The molecule has 0 saturated heterocycles. The van der Waals surface area contributed by atoms with Crippen LogP contribution in [0.25, 0.3) is 11.3 Å². The lowest BCUT2D eigenvalue weighted by atomic mass is 10.1. The maximum absolute atomic E-state index is 12.3. The van der Waals surface area contributed by atoms with Crippen molar-refractivity contribution in [2.75, 3.05) is 5.73 Å². The van der Waals surface area contributed by atoms with E-state index in [0.717, 1.165) is 5.56 Å². The molecule has 0 spiro atoms. The summed E-state index contributed by atoms with van der Waals surface area (Å²) >= 11 is 0. The Kier molecular flexibility index (Phi) is 2.95. The second-order valence-electron chi connectivity index (χ2n) is 3.58. The van der Waals surface area contributed by atoms with Crippen molar-refractivity contribution in [1.82, 2.24) is 10.2 Å². The number of H-pyrrole nitrogens is 1. The number of nitrogen functional groups attached to an aromatic ring is 1. The molecule has 0 fully saturated rings. The Bertz CT molecular complexity index is 525. The summed E-state index contributed by atoms with van der Waals surface area (Å²) in [4.78, 5) is 0. The molecule has 17 heavy (non-hydrogen) atoms. The van der Waals surface area contributed by atoms with Crippen LogP contribution in [0.1, 0.15) is 5.56 Å². The average Bonchev–Trinajstić information content (AvgIpc) is 2.66. The number of nitrogens with two attached hydrogens (primary N) is 1. The van der Waals surface area contributed by atoms with Gasteiger partial charge in [0, 0.05) is 5.56 Å². The van der Waals surface area contributed by atoms with Crippen LogP contribution in [0.15, 0.2) is 24.4 Å². The van der Waals surface area contributed by atoms with Crippen molar-refractivity contribution in [3.05, 3.63) is 30.0 Å². The van der Waals surface area contributed by atoms with Gasteiger partial charge < -0.3 is 10.5 Å². The zero-order valence-electron chi connectivity index (χ0n) is 9.08. The number of ether oxygens (including phenoxy) is 1. The summed E-state index contributed by atoms with van der Waals surface area (Å²) in [5, 5.41) is 6.42. The number of hydrogen-bond donors (Lipinski definition) is 2. The Morgan fingerprint density at radius 3 is 2.76 bits per heavy atom. The van der Waals surface area contributed by atoms with Crippen LogP contribution in [0.5, 0.6) is 5.75 Å². The summed E-state index contributed by atoms with van der Waals surface area (Å²) in [5.41, 5.74) is 7.93. The van der Waals surface area contributed by atoms with E-state index in [1.165, 1.54) is 12.3 Å². The minimum Gasteiger partial charge on any atom is -0.434 e. The molecule has 1 aromatic carbocycles. The van der Waals surface area contributed by atoms with E-state index in [1.807, 2.05) is 6.92 Å². The van der Waals surface area contributed by atoms with E-state index in [-0.39, 0.29) is 5.75 Å². The van der Waals surface area contributed by atoms with E-state index in [0.29, 0.717) is 16.9 Å². The molecule has 0 unspecified atom stereocenters. The van der Waals surface area contributed by atoms with Gasteiger partial charge in [-0.3, -0.25) is 5.10 Å². The predicted molar refractivity (Wildman–Crippen MR) is 59.8 cm³/mol. The van der Waals surface area contributed by atoms with Crippen LogP contribution in [0.4, 0.5) is 14.5 Å². The van der Waals surface area contributed by atoms with Crippen molar-refractivity contribution in [2.45, 2.75) is 13.5 Å². The summed E-state index contributed by atoms with van der Waals surface area (Å²) in [6.45, 7) is -1.03. The lowest BCUT2D eigenvalue weighted by molar-refractivity contribution is -0.0494. The van der Waals surface area contributed by atoms with Crippen molar-refractivity contribution in [1.29, 1.82) is 0 Å². The van der Waals surface area contributed by atoms with Gasteiger partial charge in [0.1, 0.15) is 5.75 Å². The number of nitrogens with zero attached hydrogens (tertiary/aromatic N) is 1. The van der Waals surface area contributed by atoms with Crippen LogP contribution in [-0.2, 0) is 0 Å². The number of aryl methyl sites for hydroxylation is 1.